The van der Waals surface area contributed by atoms with Gasteiger partial charge in [-0.15, -0.1) is 0 Å². The van der Waals surface area contributed by atoms with E-state index in [0.717, 1.165) is 37.6 Å². The molecule has 2 heterocycles. The second kappa shape index (κ2) is 9.32. The number of likely N-dealkylation sites (N-methyl/N-ethyl adjacent to an activating group) is 1. The number of nitrogens with zero attached hydrogens (tertiary/aromatic N) is 4. The largest absolute Gasteiger partial charge is 0.369 e. The van der Waals surface area contributed by atoms with Crippen molar-refractivity contribution in [1.82, 2.24) is 20.2 Å². The highest BCUT2D eigenvalue weighted by atomic mass is 16.2. The van der Waals surface area contributed by atoms with Gasteiger partial charge in [0.25, 0.3) is 0 Å². The Morgan fingerprint density at radius 3 is 2.52 bits per heavy atom. The number of carbonyl (C=O) groups excluding carboxylic acids is 1. The van der Waals surface area contributed by atoms with Crippen molar-refractivity contribution in [3.63, 3.8) is 0 Å². The first-order chi connectivity index (χ1) is 13.2. The third-order valence-electron chi connectivity index (χ3n) is 4.77. The molecule has 1 saturated heterocycles. The molecule has 1 amide bonds. The molecule has 0 radical (unpaired) electrons. The molecule has 0 atom stereocenters. The molecule has 144 valence electrons. The zero-order valence-corrected chi connectivity index (χ0v) is 16.1. The summed E-state index contributed by atoms with van der Waals surface area (Å²) in [5, 5.41) is 6.59. The minimum absolute atomic E-state index is 0.0880. The SMILES string of the molecule is CCN(CC)C(=O)Cc1ccnc(Nc2ccc(N3CCNCC3)cc2)n1. The second-order valence-corrected chi connectivity index (χ2v) is 6.52. The molecule has 1 aromatic heterocycles. The van der Waals surface area contributed by atoms with Gasteiger partial charge in [0.15, 0.2) is 0 Å². The van der Waals surface area contributed by atoms with Crippen molar-refractivity contribution in [2.45, 2.75) is 20.3 Å². The van der Waals surface area contributed by atoms with Crippen molar-refractivity contribution in [3.8, 4) is 0 Å². The van der Waals surface area contributed by atoms with Crippen molar-refractivity contribution in [2.75, 3.05) is 49.5 Å². The average molecular weight is 368 g/mol. The molecule has 2 N–H and O–H groups in total. The smallest absolute Gasteiger partial charge is 0.228 e. The van der Waals surface area contributed by atoms with Gasteiger partial charge in [0.1, 0.15) is 0 Å². The fourth-order valence-electron chi connectivity index (χ4n) is 3.21. The van der Waals surface area contributed by atoms with Crippen LogP contribution in [0.25, 0.3) is 0 Å². The minimum Gasteiger partial charge on any atom is -0.369 e. The highest BCUT2D eigenvalue weighted by Gasteiger charge is 2.12. The van der Waals surface area contributed by atoms with E-state index in [4.69, 9.17) is 0 Å². The fraction of sp³-hybridized carbons (Fsp3) is 0.450. The van der Waals surface area contributed by atoms with E-state index in [1.54, 1.807) is 12.3 Å². The molecule has 1 aliphatic rings. The van der Waals surface area contributed by atoms with Crippen LogP contribution >= 0.6 is 0 Å². The highest BCUT2D eigenvalue weighted by Crippen LogP contribution is 2.20. The topological polar surface area (TPSA) is 73.4 Å². The van der Waals surface area contributed by atoms with E-state index in [-0.39, 0.29) is 5.91 Å². The first-order valence-electron chi connectivity index (χ1n) is 9.62. The van der Waals surface area contributed by atoms with E-state index in [0.29, 0.717) is 25.5 Å². The Kier molecular flexibility index (Phi) is 6.59. The maximum Gasteiger partial charge on any atom is 0.228 e. The monoisotopic (exact) mass is 368 g/mol. The summed E-state index contributed by atoms with van der Waals surface area (Å²) in [6.07, 6.45) is 1.98. The number of rotatable bonds is 7. The Bertz CT molecular complexity index is 738. The van der Waals surface area contributed by atoms with Crippen molar-refractivity contribution >= 4 is 23.2 Å². The lowest BCUT2D eigenvalue weighted by Crippen LogP contribution is -2.43. The summed E-state index contributed by atoms with van der Waals surface area (Å²) in [4.78, 5) is 25.2. The number of carbonyl (C=O) groups is 1. The molecule has 1 aliphatic heterocycles. The van der Waals surface area contributed by atoms with Crippen LogP contribution in [0.15, 0.2) is 36.5 Å². The molecule has 0 unspecified atom stereocenters. The maximum absolute atomic E-state index is 12.3. The lowest BCUT2D eigenvalue weighted by molar-refractivity contribution is -0.130. The van der Waals surface area contributed by atoms with Crippen molar-refractivity contribution in [2.24, 2.45) is 0 Å². The van der Waals surface area contributed by atoms with Crippen LogP contribution in [-0.4, -0.2) is 60.0 Å². The number of benzene rings is 1. The molecule has 1 aromatic carbocycles. The zero-order valence-electron chi connectivity index (χ0n) is 16.1. The lowest BCUT2D eigenvalue weighted by atomic mass is 10.2. The van der Waals surface area contributed by atoms with Gasteiger partial charge in [-0.05, 0) is 44.2 Å². The molecule has 3 rings (SSSR count). The lowest BCUT2D eigenvalue weighted by Gasteiger charge is -2.29. The van der Waals surface area contributed by atoms with E-state index in [1.807, 2.05) is 30.9 Å². The Hall–Kier alpha value is -2.67. The third kappa shape index (κ3) is 5.17. The summed E-state index contributed by atoms with van der Waals surface area (Å²) < 4.78 is 0. The predicted octanol–water partition coefficient (Wildman–Crippen LogP) is 2.04. The van der Waals surface area contributed by atoms with Gasteiger partial charge in [0.2, 0.25) is 11.9 Å². The Balaban J connectivity index is 1.63. The van der Waals surface area contributed by atoms with Gasteiger partial charge < -0.3 is 20.4 Å². The summed E-state index contributed by atoms with van der Waals surface area (Å²) in [6, 6.07) is 10.1. The zero-order chi connectivity index (χ0) is 19.1. The van der Waals surface area contributed by atoms with Gasteiger partial charge in [0.05, 0.1) is 12.1 Å². The van der Waals surface area contributed by atoms with E-state index in [9.17, 15) is 4.79 Å². The fourth-order valence-corrected chi connectivity index (χ4v) is 3.21. The number of hydrogen-bond acceptors (Lipinski definition) is 6. The summed E-state index contributed by atoms with van der Waals surface area (Å²) >= 11 is 0. The first kappa shape index (κ1) is 19.1. The van der Waals surface area contributed by atoms with Crippen molar-refractivity contribution < 1.29 is 4.79 Å². The molecule has 0 bridgehead atoms. The van der Waals surface area contributed by atoms with Gasteiger partial charge in [0, 0.05) is 56.8 Å². The number of anilines is 3. The maximum atomic E-state index is 12.3. The number of aromatic nitrogens is 2. The molecule has 27 heavy (non-hydrogen) atoms. The molecule has 0 spiro atoms. The van der Waals surface area contributed by atoms with E-state index in [2.05, 4.69) is 37.6 Å². The molecule has 0 aliphatic carbocycles. The number of piperazine rings is 1. The van der Waals surface area contributed by atoms with Crippen LogP contribution < -0.4 is 15.5 Å². The van der Waals surface area contributed by atoms with Gasteiger partial charge in [-0.3, -0.25) is 4.79 Å². The molecular formula is C20H28N6O. The standard InChI is InChI=1S/C20H28N6O/c1-3-25(4-2)19(27)15-17-9-10-22-20(24-17)23-16-5-7-18(8-6-16)26-13-11-21-12-14-26/h5-10,21H,3-4,11-15H2,1-2H3,(H,22,23,24). The van der Waals surface area contributed by atoms with Gasteiger partial charge in [-0.1, -0.05) is 0 Å². The Morgan fingerprint density at radius 1 is 1.15 bits per heavy atom. The van der Waals surface area contributed by atoms with Gasteiger partial charge in [-0.25, -0.2) is 9.97 Å². The van der Waals surface area contributed by atoms with E-state index in [1.165, 1.54) is 5.69 Å². The normalized spacial score (nSPS) is 14.1. The Morgan fingerprint density at radius 2 is 1.85 bits per heavy atom. The molecule has 7 nitrogen and oxygen atoms in total. The quantitative estimate of drug-likeness (QED) is 0.779. The predicted molar refractivity (Wildman–Crippen MR) is 108 cm³/mol. The summed E-state index contributed by atoms with van der Waals surface area (Å²) in [5.41, 5.74) is 2.88. The van der Waals surface area contributed by atoms with Crippen LogP contribution in [0, 0.1) is 0 Å². The third-order valence-corrected chi connectivity index (χ3v) is 4.77. The summed E-state index contributed by atoms with van der Waals surface area (Å²) in [5.74, 6) is 0.597. The molecule has 2 aromatic rings. The number of amides is 1. The minimum atomic E-state index is 0.0880. The van der Waals surface area contributed by atoms with Crippen molar-refractivity contribution in [3.05, 3.63) is 42.2 Å². The highest BCUT2D eigenvalue weighted by molar-refractivity contribution is 5.78. The van der Waals surface area contributed by atoms with E-state index < -0.39 is 0 Å². The molecular weight excluding hydrogens is 340 g/mol. The van der Waals surface area contributed by atoms with E-state index >= 15 is 0 Å². The van der Waals surface area contributed by atoms with Crippen LogP contribution in [0.1, 0.15) is 19.5 Å². The Labute approximate surface area is 160 Å². The number of hydrogen-bond donors (Lipinski definition) is 2. The summed E-state index contributed by atoms with van der Waals surface area (Å²) in [6.45, 7) is 9.49. The van der Waals surface area contributed by atoms with Gasteiger partial charge in [-0.2, -0.15) is 0 Å². The van der Waals surface area contributed by atoms with Gasteiger partial charge >= 0.3 is 0 Å². The van der Waals surface area contributed by atoms with Crippen molar-refractivity contribution in [1.29, 1.82) is 0 Å². The molecule has 0 saturated carbocycles. The number of nitrogens with one attached hydrogen (secondary N) is 2. The summed E-state index contributed by atoms with van der Waals surface area (Å²) in [7, 11) is 0. The van der Waals surface area contributed by atoms with Crippen LogP contribution in [-0.2, 0) is 11.2 Å². The molecule has 7 heteroatoms. The average Bonchev–Trinajstić information content (AvgIpc) is 2.70. The van der Waals surface area contributed by atoms with Crippen LogP contribution in [0.5, 0.6) is 0 Å². The second-order valence-electron chi connectivity index (χ2n) is 6.52. The van der Waals surface area contributed by atoms with Crippen LogP contribution in [0.2, 0.25) is 0 Å². The first-order valence-corrected chi connectivity index (χ1v) is 9.62. The van der Waals surface area contributed by atoms with Crippen LogP contribution in [0.3, 0.4) is 0 Å². The molecule has 1 fully saturated rings. The van der Waals surface area contributed by atoms with Crippen LogP contribution in [0.4, 0.5) is 17.3 Å².